The van der Waals surface area contributed by atoms with Crippen LogP contribution in [-0.2, 0) is 6.54 Å². The number of carbonyl (C=O) groups is 2. The third-order valence-corrected chi connectivity index (χ3v) is 2.80. The smallest absolute Gasteiger partial charge is 0.312 e. The van der Waals surface area contributed by atoms with Crippen LogP contribution in [0.15, 0.2) is 24.3 Å². The number of amides is 3. The molecule has 0 spiro atoms. The van der Waals surface area contributed by atoms with E-state index in [1.54, 1.807) is 24.3 Å². The standard InChI is InChI=1S/C14H21N3O3/c1-2-3-12(18)9-16-13(19)11-6-4-10(5-7-11)8-17-14(15)20/h4-7,12,18H,2-3,8-9H2,1H3,(H,16,19)(H3,15,17,20). The molecule has 0 saturated heterocycles. The van der Waals surface area contributed by atoms with Crippen molar-refractivity contribution in [1.82, 2.24) is 10.6 Å². The van der Waals surface area contributed by atoms with Crippen LogP contribution in [0.2, 0.25) is 0 Å². The zero-order valence-corrected chi connectivity index (χ0v) is 11.6. The maximum absolute atomic E-state index is 11.8. The van der Waals surface area contributed by atoms with Crippen LogP contribution in [0.3, 0.4) is 0 Å². The molecule has 0 aliphatic heterocycles. The Morgan fingerprint density at radius 2 is 1.90 bits per heavy atom. The van der Waals surface area contributed by atoms with Gasteiger partial charge in [-0.05, 0) is 24.1 Å². The SMILES string of the molecule is CCCC(O)CNC(=O)c1ccc(CNC(N)=O)cc1. The molecule has 5 N–H and O–H groups in total. The van der Waals surface area contributed by atoms with E-state index in [4.69, 9.17) is 5.73 Å². The molecule has 1 atom stereocenters. The lowest BCUT2D eigenvalue weighted by molar-refractivity contribution is 0.0910. The fourth-order valence-electron chi connectivity index (χ4n) is 1.71. The predicted molar refractivity (Wildman–Crippen MR) is 76.1 cm³/mol. The van der Waals surface area contributed by atoms with E-state index in [1.165, 1.54) is 0 Å². The Labute approximate surface area is 118 Å². The second kappa shape index (κ2) is 8.16. The van der Waals surface area contributed by atoms with Gasteiger partial charge in [-0.15, -0.1) is 0 Å². The summed E-state index contributed by atoms with van der Waals surface area (Å²) in [5.41, 5.74) is 6.34. The van der Waals surface area contributed by atoms with Crippen molar-refractivity contribution < 1.29 is 14.7 Å². The van der Waals surface area contributed by atoms with Gasteiger partial charge in [0.1, 0.15) is 0 Å². The number of rotatable bonds is 7. The van der Waals surface area contributed by atoms with Gasteiger partial charge in [0.05, 0.1) is 6.10 Å². The van der Waals surface area contributed by atoms with E-state index >= 15 is 0 Å². The highest BCUT2D eigenvalue weighted by molar-refractivity contribution is 5.94. The Balaban J connectivity index is 2.46. The summed E-state index contributed by atoms with van der Waals surface area (Å²) in [7, 11) is 0. The fourth-order valence-corrected chi connectivity index (χ4v) is 1.71. The molecule has 6 nitrogen and oxygen atoms in total. The highest BCUT2D eigenvalue weighted by atomic mass is 16.3. The number of aliphatic hydroxyl groups excluding tert-OH is 1. The fraction of sp³-hybridized carbons (Fsp3) is 0.429. The van der Waals surface area contributed by atoms with E-state index < -0.39 is 12.1 Å². The number of urea groups is 1. The molecule has 0 saturated carbocycles. The van der Waals surface area contributed by atoms with Crippen LogP contribution in [0, 0.1) is 0 Å². The Bertz CT molecular complexity index is 445. The maximum atomic E-state index is 11.8. The van der Waals surface area contributed by atoms with Gasteiger partial charge in [0.15, 0.2) is 0 Å². The summed E-state index contributed by atoms with van der Waals surface area (Å²) in [6.45, 7) is 2.55. The largest absolute Gasteiger partial charge is 0.391 e. The lowest BCUT2D eigenvalue weighted by Gasteiger charge is -2.11. The van der Waals surface area contributed by atoms with Gasteiger partial charge in [-0.1, -0.05) is 25.5 Å². The second-order valence-electron chi connectivity index (χ2n) is 4.57. The molecule has 1 aromatic carbocycles. The molecule has 6 heteroatoms. The van der Waals surface area contributed by atoms with E-state index in [0.29, 0.717) is 18.5 Å². The minimum absolute atomic E-state index is 0.227. The number of aliphatic hydroxyl groups is 1. The summed E-state index contributed by atoms with van der Waals surface area (Å²) in [6.07, 6.45) is 1.03. The van der Waals surface area contributed by atoms with Crippen molar-refractivity contribution in [2.75, 3.05) is 6.54 Å². The number of benzene rings is 1. The lowest BCUT2D eigenvalue weighted by atomic mass is 10.1. The minimum atomic E-state index is -0.586. The molecule has 0 aromatic heterocycles. The summed E-state index contributed by atoms with van der Waals surface area (Å²) in [5, 5.41) is 14.7. The molecular weight excluding hydrogens is 258 g/mol. The van der Waals surface area contributed by atoms with Crippen molar-refractivity contribution in [3.8, 4) is 0 Å². The Hall–Kier alpha value is -2.08. The van der Waals surface area contributed by atoms with Crippen LogP contribution in [0.25, 0.3) is 0 Å². The predicted octanol–water partition coefficient (Wildman–Crippen LogP) is 0.746. The number of nitrogens with one attached hydrogen (secondary N) is 2. The highest BCUT2D eigenvalue weighted by Gasteiger charge is 2.08. The first-order chi connectivity index (χ1) is 9.52. The first-order valence-corrected chi connectivity index (χ1v) is 6.61. The monoisotopic (exact) mass is 279 g/mol. The number of primary amides is 1. The van der Waals surface area contributed by atoms with E-state index in [9.17, 15) is 14.7 Å². The average Bonchev–Trinajstić information content (AvgIpc) is 2.43. The molecule has 0 fully saturated rings. The Morgan fingerprint density at radius 3 is 2.45 bits per heavy atom. The molecule has 110 valence electrons. The second-order valence-corrected chi connectivity index (χ2v) is 4.57. The summed E-state index contributed by atoms with van der Waals surface area (Å²) in [6, 6.07) is 6.23. The molecule has 0 bridgehead atoms. The molecule has 0 radical (unpaired) electrons. The number of nitrogens with two attached hydrogens (primary N) is 1. The molecule has 1 unspecified atom stereocenters. The number of carbonyl (C=O) groups excluding carboxylic acids is 2. The Morgan fingerprint density at radius 1 is 1.25 bits per heavy atom. The van der Waals surface area contributed by atoms with Gasteiger partial charge < -0.3 is 21.5 Å². The average molecular weight is 279 g/mol. The van der Waals surface area contributed by atoms with Gasteiger partial charge in [-0.2, -0.15) is 0 Å². The first kappa shape index (κ1) is 16.0. The molecule has 3 amide bonds. The molecule has 0 aliphatic carbocycles. The van der Waals surface area contributed by atoms with Gasteiger partial charge in [0.25, 0.3) is 5.91 Å². The van der Waals surface area contributed by atoms with Crippen molar-refractivity contribution in [3.05, 3.63) is 35.4 Å². The molecule has 20 heavy (non-hydrogen) atoms. The van der Waals surface area contributed by atoms with Gasteiger partial charge >= 0.3 is 6.03 Å². The van der Waals surface area contributed by atoms with Crippen LogP contribution < -0.4 is 16.4 Å². The molecular formula is C14H21N3O3. The third-order valence-electron chi connectivity index (χ3n) is 2.80. The van der Waals surface area contributed by atoms with Crippen LogP contribution >= 0.6 is 0 Å². The van der Waals surface area contributed by atoms with Gasteiger partial charge in [0.2, 0.25) is 0 Å². The van der Waals surface area contributed by atoms with Crippen LogP contribution in [0.5, 0.6) is 0 Å². The molecule has 1 rings (SSSR count). The lowest BCUT2D eigenvalue weighted by Crippen LogP contribution is -2.32. The van der Waals surface area contributed by atoms with Crippen molar-refractivity contribution in [1.29, 1.82) is 0 Å². The van der Waals surface area contributed by atoms with Crippen LogP contribution in [0.4, 0.5) is 4.79 Å². The summed E-state index contributed by atoms with van der Waals surface area (Å²) in [4.78, 5) is 22.4. The zero-order chi connectivity index (χ0) is 15.0. The van der Waals surface area contributed by atoms with Crippen molar-refractivity contribution in [3.63, 3.8) is 0 Å². The van der Waals surface area contributed by atoms with E-state index in [0.717, 1.165) is 12.0 Å². The summed E-state index contributed by atoms with van der Waals surface area (Å²) in [5.74, 6) is -0.227. The van der Waals surface area contributed by atoms with Crippen molar-refractivity contribution >= 4 is 11.9 Å². The zero-order valence-electron chi connectivity index (χ0n) is 11.6. The van der Waals surface area contributed by atoms with Gasteiger partial charge in [-0.25, -0.2) is 4.79 Å². The van der Waals surface area contributed by atoms with Crippen LogP contribution in [0.1, 0.15) is 35.7 Å². The van der Waals surface area contributed by atoms with Crippen molar-refractivity contribution in [2.24, 2.45) is 5.73 Å². The molecule has 1 aromatic rings. The van der Waals surface area contributed by atoms with Crippen molar-refractivity contribution in [2.45, 2.75) is 32.4 Å². The maximum Gasteiger partial charge on any atom is 0.312 e. The van der Waals surface area contributed by atoms with E-state index in [2.05, 4.69) is 10.6 Å². The highest BCUT2D eigenvalue weighted by Crippen LogP contribution is 2.04. The first-order valence-electron chi connectivity index (χ1n) is 6.61. The Kier molecular flexibility index (Phi) is 6.52. The van der Waals surface area contributed by atoms with Gasteiger partial charge in [0, 0.05) is 18.7 Å². The summed E-state index contributed by atoms with van der Waals surface area (Å²) >= 11 is 0. The topological polar surface area (TPSA) is 104 Å². The van der Waals surface area contributed by atoms with Gasteiger partial charge in [-0.3, -0.25) is 4.79 Å². The van der Waals surface area contributed by atoms with E-state index in [-0.39, 0.29) is 12.5 Å². The van der Waals surface area contributed by atoms with Crippen LogP contribution in [-0.4, -0.2) is 29.7 Å². The molecule has 0 aliphatic rings. The number of hydrogen-bond acceptors (Lipinski definition) is 3. The summed E-state index contributed by atoms with van der Waals surface area (Å²) < 4.78 is 0. The third kappa shape index (κ3) is 5.71. The number of hydrogen-bond donors (Lipinski definition) is 4. The molecule has 0 heterocycles. The minimum Gasteiger partial charge on any atom is -0.391 e. The normalized spacial score (nSPS) is 11.7. The quantitative estimate of drug-likeness (QED) is 0.592. The van der Waals surface area contributed by atoms with E-state index in [1.807, 2.05) is 6.92 Å².